The number of methoxy groups -OCH3 is 1. The SMILES string of the molecule is C=CCc1cccc2c(=O)c(OC)c(-c3cccc(C)c3)oc12. The molecule has 1 aromatic heterocycles. The van der Waals surface area contributed by atoms with Gasteiger partial charge < -0.3 is 9.15 Å². The largest absolute Gasteiger partial charge is 0.490 e. The minimum Gasteiger partial charge on any atom is -0.490 e. The molecule has 1 heterocycles. The van der Waals surface area contributed by atoms with Crippen molar-refractivity contribution in [1.29, 1.82) is 0 Å². The average molecular weight is 306 g/mol. The van der Waals surface area contributed by atoms with Crippen LogP contribution in [0.1, 0.15) is 11.1 Å². The van der Waals surface area contributed by atoms with Crippen molar-refractivity contribution in [2.75, 3.05) is 7.11 Å². The van der Waals surface area contributed by atoms with E-state index in [0.29, 0.717) is 23.2 Å². The first-order chi connectivity index (χ1) is 11.2. The first kappa shape index (κ1) is 15.1. The lowest BCUT2D eigenvalue weighted by atomic mass is 10.0. The zero-order valence-corrected chi connectivity index (χ0v) is 13.3. The number of para-hydroxylation sites is 1. The summed E-state index contributed by atoms with van der Waals surface area (Å²) >= 11 is 0. The van der Waals surface area contributed by atoms with Crippen LogP contribution in [-0.2, 0) is 6.42 Å². The highest BCUT2D eigenvalue weighted by Crippen LogP contribution is 2.32. The van der Waals surface area contributed by atoms with E-state index in [9.17, 15) is 4.79 Å². The van der Waals surface area contributed by atoms with Crippen LogP contribution in [0.15, 0.2) is 64.3 Å². The molecule has 0 saturated carbocycles. The lowest BCUT2D eigenvalue weighted by Gasteiger charge is -2.11. The smallest absolute Gasteiger partial charge is 0.235 e. The normalized spacial score (nSPS) is 10.7. The second kappa shape index (κ2) is 6.13. The van der Waals surface area contributed by atoms with Gasteiger partial charge in [-0.15, -0.1) is 6.58 Å². The Labute approximate surface area is 134 Å². The van der Waals surface area contributed by atoms with E-state index in [1.807, 2.05) is 43.3 Å². The summed E-state index contributed by atoms with van der Waals surface area (Å²) in [6.45, 7) is 5.76. The molecule has 0 atom stereocenters. The van der Waals surface area contributed by atoms with Gasteiger partial charge in [0.05, 0.1) is 12.5 Å². The molecule has 0 aliphatic heterocycles. The summed E-state index contributed by atoms with van der Waals surface area (Å²) in [5, 5.41) is 0.526. The number of aryl methyl sites for hydroxylation is 1. The summed E-state index contributed by atoms with van der Waals surface area (Å²) in [7, 11) is 1.49. The molecule has 3 aromatic rings. The minimum atomic E-state index is -0.156. The molecular formula is C20H18O3. The highest BCUT2D eigenvalue weighted by atomic mass is 16.5. The lowest BCUT2D eigenvalue weighted by Crippen LogP contribution is -2.08. The number of hydrogen-bond donors (Lipinski definition) is 0. The van der Waals surface area contributed by atoms with Gasteiger partial charge in [0.25, 0.3) is 0 Å². The van der Waals surface area contributed by atoms with Gasteiger partial charge >= 0.3 is 0 Å². The molecule has 3 nitrogen and oxygen atoms in total. The third kappa shape index (κ3) is 2.66. The molecule has 0 spiro atoms. The molecule has 0 fully saturated rings. The zero-order chi connectivity index (χ0) is 16.4. The van der Waals surface area contributed by atoms with Crippen LogP contribution < -0.4 is 10.2 Å². The maximum atomic E-state index is 12.8. The zero-order valence-electron chi connectivity index (χ0n) is 13.3. The molecule has 23 heavy (non-hydrogen) atoms. The molecule has 0 aliphatic rings. The fourth-order valence-electron chi connectivity index (χ4n) is 2.74. The van der Waals surface area contributed by atoms with Crippen molar-refractivity contribution in [2.24, 2.45) is 0 Å². The van der Waals surface area contributed by atoms with Gasteiger partial charge in [0.2, 0.25) is 11.2 Å². The number of ether oxygens (including phenoxy) is 1. The Morgan fingerprint density at radius 3 is 2.70 bits per heavy atom. The molecule has 0 saturated heterocycles. The number of benzene rings is 2. The average Bonchev–Trinajstić information content (AvgIpc) is 2.55. The van der Waals surface area contributed by atoms with Crippen molar-refractivity contribution >= 4 is 11.0 Å². The summed E-state index contributed by atoms with van der Waals surface area (Å²) in [4.78, 5) is 12.8. The topological polar surface area (TPSA) is 39.4 Å². The third-order valence-corrected chi connectivity index (χ3v) is 3.81. The van der Waals surface area contributed by atoms with Crippen molar-refractivity contribution in [2.45, 2.75) is 13.3 Å². The highest BCUT2D eigenvalue weighted by Gasteiger charge is 2.18. The van der Waals surface area contributed by atoms with E-state index < -0.39 is 0 Å². The molecule has 0 N–H and O–H groups in total. The maximum absolute atomic E-state index is 12.8. The van der Waals surface area contributed by atoms with Gasteiger partial charge in [-0.1, -0.05) is 42.0 Å². The summed E-state index contributed by atoms with van der Waals surface area (Å²) in [5.41, 5.74) is 3.29. The molecule has 0 radical (unpaired) electrons. The predicted molar refractivity (Wildman–Crippen MR) is 93.1 cm³/mol. The number of allylic oxidation sites excluding steroid dienone is 1. The van der Waals surface area contributed by atoms with E-state index in [-0.39, 0.29) is 11.2 Å². The van der Waals surface area contributed by atoms with Crippen LogP contribution in [0, 0.1) is 6.92 Å². The third-order valence-electron chi connectivity index (χ3n) is 3.81. The van der Waals surface area contributed by atoms with Crippen LogP contribution in [-0.4, -0.2) is 7.11 Å². The molecule has 116 valence electrons. The van der Waals surface area contributed by atoms with Gasteiger partial charge in [0, 0.05) is 5.56 Å². The second-order valence-corrected chi connectivity index (χ2v) is 5.45. The first-order valence-electron chi connectivity index (χ1n) is 7.46. The van der Waals surface area contributed by atoms with Gasteiger partial charge in [0.1, 0.15) is 5.58 Å². The molecular weight excluding hydrogens is 288 g/mol. The Balaban J connectivity index is 2.39. The second-order valence-electron chi connectivity index (χ2n) is 5.45. The van der Waals surface area contributed by atoms with Crippen molar-refractivity contribution in [1.82, 2.24) is 0 Å². The van der Waals surface area contributed by atoms with Crippen molar-refractivity contribution in [3.05, 3.63) is 76.5 Å². The fourth-order valence-corrected chi connectivity index (χ4v) is 2.74. The van der Waals surface area contributed by atoms with Gasteiger partial charge in [0.15, 0.2) is 5.76 Å². The number of rotatable bonds is 4. The molecule has 2 aromatic carbocycles. The first-order valence-corrected chi connectivity index (χ1v) is 7.46. The standard InChI is InChI=1S/C20H18O3/c1-4-7-14-9-6-11-16-17(21)20(22-3)19(23-18(14)16)15-10-5-8-13(2)12-15/h4-6,8-12H,1,7H2,2-3H3. The van der Waals surface area contributed by atoms with E-state index in [4.69, 9.17) is 9.15 Å². The van der Waals surface area contributed by atoms with Crippen molar-refractivity contribution < 1.29 is 9.15 Å². The summed E-state index contributed by atoms with van der Waals surface area (Å²) < 4.78 is 11.5. The van der Waals surface area contributed by atoms with E-state index in [1.54, 1.807) is 12.1 Å². The molecule has 0 bridgehead atoms. The van der Waals surface area contributed by atoms with Crippen LogP contribution in [0.3, 0.4) is 0 Å². The van der Waals surface area contributed by atoms with E-state index in [1.165, 1.54) is 7.11 Å². The van der Waals surface area contributed by atoms with Crippen LogP contribution in [0.25, 0.3) is 22.3 Å². The van der Waals surface area contributed by atoms with E-state index in [2.05, 4.69) is 6.58 Å². The maximum Gasteiger partial charge on any atom is 0.235 e. The minimum absolute atomic E-state index is 0.156. The van der Waals surface area contributed by atoms with Gasteiger partial charge in [-0.05, 0) is 31.0 Å². The number of hydrogen-bond acceptors (Lipinski definition) is 3. The quantitative estimate of drug-likeness (QED) is 0.666. The Morgan fingerprint density at radius 1 is 1.22 bits per heavy atom. The van der Waals surface area contributed by atoms with Crippen LogP contribution in [0.4, 0.5) is 0 Å². The Morgan fingerprint density at radius 2 is 2.00 bits per heavy atom. The van der Waals surface area contributed by atoms with Crippen molar-refractivity contribution in [3.63, 3.8) is 0 Å². The fraction of sp³-hybridized carbons (Fsp3) is 0.150. The van der Waals surface area contributed by atoms with Gasteiger partial charge in [-0.3, -0.25) is 4.79 Å². The Hall–Kier alpha value is -2.81. The van der Waals surface area contributed by atoms with Crippen LogP contribution in [0.5, 0.6) is 5.75 Å². The molecule has 3 heteroatoms. The predicted octanol–water partition coefficient (Wildman–Crippen LogP) is 4.51. The monoisotopic (exact) mass is 306 g/mol. The van der Waals surface area contributed by atoms with E-state index >= 15 is 0 Å². The lowest BCUT2D eigenvalue weighted by molar-refractivity contribution is 0.398. The summed E-state index contributed by atoms with van der Waals surface area (Å²) in [6, 6.07) is 13.4. The number of fused-ring (bicyclic) bond motifs is 1. The molecule has 0 unspecified atom stereocenters. The highest BCUT2D eigenvalue weighted by molar-refractivity contribution is 5.84. The Bertz CT molecular complexity index is 935. The van der Waals surface area contributed by atoms with Crippen LogP contribution in [0.2, 0.25) is 0 Å². The molecule has 3 rings (SSSR count). The summed E-state index contributed by atoms with van der Waals surface area (Å²) in [6.07, 6.45) is 2.44. The molecule has 0 amide bonds. The van der Waals surface area contributed by atoms with Crippen LogP contribution >= 0.6 is 0 Å². The summed E-state index contributed by atoms with van der Waals surface area (Å²) in [5.74, 6) is 0.698. The molecule has 0 aliphatic carbocycles. The Kier molecular flexibility index (Phi) is 4.02. The van der Waals surface area contributed by atoms with E-state index in [0.717, 1.165) is 16.7 Å². The van der Waals surface area contributed by atoms with Crippen molar-refractivity contribution in [3.8, 4) is 17.1 Å². The van der Waals surface area contributed by atoms with Gasteiger partial charge in [-0.25, -0.2) is 0 Å². The van der Waals surface area contributed by atoms with Gasteiger partial charge in [-0.2, -0.15) is 0 Å².